The molecule has 0 unspecified atom stereocenters. The fourth-order valence-corrected chi connectivity index (χ4v) is 4.54. The number of carbonyl (C=O) groups excluding carboxylic acids is 1. The molecule has 0 bridgehead atoms. The van der Waals surface area contributed by atoms with E-state index >= 15 is 0 Å². The molecular weight excluding hydrogens is 515 g/mol. The number of hydrogen-bond donors (Lipinski definition) is 0. The van der Waals surface area contributed by atoms with Crippen LogP contribution in [0.2, 0.25) is 0 Å². The Hall–Kier alpha value is -4.72. The molecule has 0 atom stereocenters. The maximum absolute atomic E-state index is 13.2. The van der Waals surface area contributed by atoms with E-state index in [1.165, 1.54) is 46.4 Å². The number of rotatable bonds is 8. The molecule has 4 aromatic carbocycles. The van der Waals surface area contributed by atoms with Crippen LogP contribution < -0.4 is 4.74 Å². The van der Waals surface area contributed by atoms with Crippen molar-refractivity contribution >= 4 is 5.78 Å². The summed E-state index contributed by atoms with van der Waals surface area (Å²) in [6.07, 6.45) is -2.28. The Morgan fingerprint density at radius 2 is 1.55 bits per heavy atom. The standard InChI is InChI=1S/C32H26F3N3O2/c1-21-6-5-9-27(22(21)2)28-7-3-4-8-29(28)30(39)19-12-23-10-13-24(14-11-23)31-36-20-38(37-31)25-15-17-26(18-16-25)40-32(33,34)35/h3-11,13-18,20H,12,19H2,1-2H3. The Morgan fingerprint density at radius 3 is 2.27 bits per heavy atom. The lowest BCUT2D eigenvalue weighted by atomic mass is 9.90. The second-order valence-electron chi connectivity index (χ2n) is 9.47. The number of aromatic nitrogens is 3. The number of alkyl halides is 3. The van der Waals surface area contributed by atoms with E-state index in [9.17, 15) is 18.0 Å². The van der Waals surface area contributed by atoms with Crippen LogP contribution in [0.25, 0.3) is 28.2 Å². The van der Waals surface area contributed by atoms with E-state index in [-0.39, 0.29) is 11.5 Å². The van der Waals surface area contributed by atoms with Gasteiger partial charge in [0.2, 0.25) is 0 Å². The molecule has 0 aliphatic rings. The smallest absolute Gasteiger partial charge is 0.406 e. The van der Waals surface area contributed by atoms with Crippen molar-refractivity contribution in [3.05, 3.63) is 120 Å². The predicted molar refractivity (Wildman–Crippen MR) is 147 cm³/mol. The van der Waals surface area contributed by atoms with Gasteiger partial charge in [-0.1, -0.05) is 66.7 Å². The summed E-state index contributed by atoms with van der Waals surface area (Å²) in [5, 5.41) is 4.44. The van der Waals surface area contributed by atoms with Crippen molar-refractivity contribution in [1.82, 2.24) is 14.8 Å². The zero-order valence-corrected chi connectivity index (χ0v) is 21.9. The number of carbonyl (C=O) groups is 1. The molecule has 0 aliphatic heterocycles. The zero-order valence-electron chi connectivity index (χ0n) is 21.9. The van der Waals surface area contributed by atoms with E-state index in [0.29, 0.717) is 24.4 Å². The number of nitrogens with zero attached hydrogens (tertiary/aromatic N) is 3. The topological polar surface area (TPSA) is 57.0 Å². The average molecular weight is 542 g/mol. The summed E-state index contributed by atoms with van der Waals surface area (Å²) in [6.45, 7) is 4.15. The second kappa shape index (κ2) is 11.2. The van der Waals surface area contributed by atoms with Crippen LogP contribution in [0.1, 0.15) is 33.5 Å². The van der Waals surface area contributed by atoms with Crippen molar-refractivity contribution in [2.24, 2.45) is 0 Å². The van der Waals surface area contributed by atoms with Crippen molar-refractivity contribution in [1.29, 1.82) is 0 Å². The molecule has 5 aromatic rings. The first kappa shape index (κ1) is 26.9. The average Bonchev–Trinajstić information content (AvgIpc) is 3.43. The first-order chi connectivity index (χ1) is 19.2. The van der Waals surface area contributed by atoms with Crippen molar-refractivity contribution < 1.29 is 22.7 Å². The number of ketones is 1. The van der Waals surface area contributed by atoms with Crippen LogP contribution in [0.15, 0.2) is 97.3 Å². The number of hydrogen-bond acceptors (Lipinski definition) is 4. The summed E-state index contributed by atoms with van der Waals surface area (Å²) < 4.78 is 42.6. The molecule has 0 saturated carbocycles. The molecule has 5 nitrogen and oxygen atoms in total. The first-order valence-corrected chi connectivity index (χ1v) is 12.7. The molecule has 0 aliphatic carbocycles. The molecule has 8 heteroatoms. The largest absolute Gasteiger partial charge is 0.573 e. The van der Waals surface area contributed by atoms with Gasteiger partial charge in [0.05, 0.1) is 5.69 Å². The molecule has 0 fully saturated rings. The number of Topliss-reactive ketones (excluding diaryl/α,β-unsaturated/α-hetero) is 1. The SMILES string of the molecule is Cc1cccc(-c2ccccc2C(=O)CCc2ccc(-c3ncn(-c4ccc(OC(F)(F)F)cc4)n3)cc2)c1C. The molecule has 0 saturated heterocycles. The molecule has 1 heterocycles. The van der Waals surface area contributed by atoms with E-state index in [1.54, 1.807) is 0 Å². The number of ether oxygens (including phenoxy) is 1. The van der Waals surface area contributed by atoms with Crippen LogP contribution >= 0.6 is 0 Å². The van der Waals surface area contributed by atoms with Gasteiger partial charge >= 0.3 is 6.36 Å². The van der Waals surface area contributed by atoms with Gasteiger partial charge in [0.1, 0.15) is 12.1 Å². The van der Waals surface area contributed by atoms with E-state index in [4.69, 9.17) is 0 Å². The summed E-state index contributed by atoms with van der Waals surface area (Å²) in [6, 6.07) is 27.0. The third-order valence-electron chi connectivity index (χ3n) is 6.80. The quantitative estimate of drug-likeness (QED) is 0.187. The van der Waals surface area contributed by atoms with Crippen LogP contribution in [0, 0.1) is 13.8 Å². The van der Waals surface area contributed by atoms with Gasteiger partial charge in [-0.3, -0.25) is 4.79 Å². The van der Waals surface area contributed by atoms with Gasteiger partial charge in [-0.2, -0.15) is 0 Å². The highest BCUT2D eigenvalue weighted by atomic mass is 19.4. The zero-order chi connectivity index (χ0) is 28.3. The van der Waals surface area contributed by atoms with Crippen molar-refractivity contribution in [2.75, 3.05) is 0 Å². The molecule has 0 amide bonds. The van der Waals surface area contributed by atoms with Crippen molar-refractivity contribution in [3.63, 3.8) is 0 Å². The summed E-state index contributed by atoms with van der Waals surface area (Å²) in [4.78, 5) is 17.6. The summed E-state index contributed by atoms with van der Waals surface area (Å²) in [5.74, 6) is 0.257. The third kappa shape index (κ3) is 6.12. The van der Waals surface area contributed by atoms with Crippen LogP contribution in [0.5, 0.6) is 5.75 Å². The molecule has 202 valence electrons. The lowest BCUT2D eigenvalue weighted by Gasteiger charge is -2.13. The lowest BCUT2D eigenvalue weighted by Crippen LogP contribution is -2.17. The molecule has 0 N–H and O–H groups in total. The van der Waals surface area contributed by atoms with Gasteiger partial charge in [0.25, 0.3) is 0 Å². The Bertz CT molecular complexity index is 1640. The van der Waals surface area contributed by atoms with Gasteiger partial charge in [0.15, 0.2) is 11.6 Å². The Morgan fingerprint density at radius 1 is 0.850 bits per heavy atom. The van der Waals surface area contributed by atoms with Crippen LogP contribution in [-0.2, 0) is 6.42 Å². The van der Waals surface area contributed by atoms with Crippen molar-refractivity contribution in [3.8, 4) is 34.0 Å². The van der Waals surface area contributed by atoms with Crippen LogP contribution in [0.3, 0.4) is 0 Å². The first-order valence-electron chi connectivity index (χ1n) is 12.7. The number of halogens is 3. The highest BCUT2D eigenvalue weighted by Gasteiger charge is 2.31. The fourth-order valence-electron chi connectivity index (χ4n) is 4.54. The van der Waals surface area contributed by atoms with Gasteiger partial charge < -0.3 is 4.74 Å². The van der Waals surface area contributed by atoms with Gasteiger partial charge in [0, 0.05) is 17.5 Å². The maximum atomic E-state index is 13.2. The fraction of sp³-hybridized carbons (Fsp3) is 0.156. The van der Waals surface area contributed by atoms with E-state index in [2.05, 4.69) is 40.8 Å². The predicted octanol–water partition coefficient (Wildman–Crippen LogP) is 7.93. The minimum atomic E-state index is -4.74. The molecule has 1 aromatic heterocycles. The second-order valence-corrected chi connectivity index (χ2v) is 9.47. The van der Waals surface area contributed by atoms with Crippen LogP contribution in [0.4, 0.5) is 13.2 Å². The van der Waals surface area contributed by atoms with E-state index < -0.39 is 6.36 Å². The third-order valence-corrected chi connectivity index (χ3v) is 6.80. The lowest BCUT2D eigenvalue weighted by molar-refractivity contribution is -0.274. The Balaban J connectivity index is 1.25. The molecule has 5 rings (SSSR count). The Kier molecular flexibility index (Phi) is 7.51. The van der Waals surface area contributed by atoms with Gasteiger partial charge in [-0.05, 0) is 72.4 Å². The van der Waals surface area contributed by atoms with Crippen LogP contribution in [-0.4, -0.2) is 26.9 Å². The van der Waals surface area contributed by atoms with Crippen molar-refractivity contribution in [2.45, 2.75) is 33.1 Å². The molecule has 0 spiro atoms. The van der Waals surface area contributed by atoms with E-state index in [0.717, 1.165) is 27.8 Å². The minimum absolute atomic E-state index is 0.0904. The Labute approximate surface area is 229 Å². The normalized spacial score (nSPS) is 11.4. The maximum Gasteiger partial charge on any atom is 0.573 e. The molecule has 40 heavy (non-hydrogen) atoms. The summed E-state index contributed by atoms with van der Waals surface area (Å²) >= 11 is 0. The molecular formula is C32H26F3N3O2. The highest BCUT2D eigenvalue weighted by molar-refractivity contribution is 6.02. The van der Waals surface area contributed by atoms with Gasteiger partial charge in [-0.15, -0.1) is 18.3 Å². The minimum Gasteiger partial charge on any atom is -0.406 e. The number of aryl methyl sites for hydroxylation is 2. The summed E-state index contributed by atoms with van der Waals surface area (Å²) in [7, 11) is 0. The van der Waals surface area contributed by atoms with E-state index in [1.807, 2.05) is 54.6 Å². The molecule has 0 radical (unpaired) electrons. The van der Waals surface area contributed by atoms with Gasteiger partial charge in [-0.25, -0.2) is 9.67 Å². The summed E-state index contributed by atoms with van der Waals surface area (Å²) in [5.41, 5.74) is 7.45. The number of benzene rings is 4. The monoisotopic (exact) mass is 541 g/mol. The highest BCUT2D eigenvalue weighted by Crippen LogP contribution is 2.30.